The molecule has 1 aliphatic heterocycles. The second-order valence-electron chi connectivity index (χ2n) is 13.7. The fraction of sp³-hybridized carbons (Fsp3) is 0.714. The first-order valence-corrected chi connectivity index (χ1v) is 20.1. The van der Waals surface area contributed by atoms with E-state index in [2.05, 4.69) is 21.3 Å². The SMILES string of the molecule is CSC[C@H](NC(=O)[C@H](Cc1ccccc1)NC(=O)N1CCC(N)CC1)C(=O)N[C@@H](CC1CCCCC1)[C@H](O)CSCC(=O)NCC(C)C. The van der Waals surface area contributed by atoms with E-state index in [4.69, 9.17) is 5.73 Å². The molecule has 270 valence electrons. The first-order chi connectivity index (χ1) is 23.0. The Balaban J connectivity index is 1.68. The van der Waals surface area contributed by atoms with Gasteiger partial charge in [0, 0.05) is 43.6 Å². The summed E-state index contributed by atoms with van der Waals surface area (Å²) in [5, 5.41) is 23.1. The minimum atomic E-state index is -0.894. The maximum absolute atomic E-state index is 13.8. The lowest BCUT2D eigenvalue weighted by Gasteiger charge is -2.32. The Labute approximate surface area is 295 Å². The molecule has 2 fully saturated rings. The van der Waals surface area contributed by atoms with E-state index in [0.717, 1.165) is 31.2 Å². The molecule has 1 saturated heterocycles. The summed E-state index contributed by atoms with van der Waals surface area (Å²) >= 11 is 2.79. The molecule has 1 aromatic rings. The highest BCUT2D eigenvalue weighted by Gasteiger charge is 2.32. The topological polar surface area (TPSA) is 166 Å². The van der Waals surface area contributed by atoms with Crippen LogP contribution in [0.3, 0.4) is 0 Å². The molecule has 3 rings (SSSR count). The smallest absolute Gasteiger partial charge is 0.318 e. The van der Waals surface area contributed by atoms with Crippen molar-refractivity contribution in [2.24, 2.45) is 17.6 Å². The molecule has 0 spiro atoms. The van der Waals surface area contributed by atoms with Crippen LogP contribution < -0.4 is 27.0 Å². The van der Waals surface area contributed by atoms with E-state index in [1.807, 2.05) is 50.4 Å². The number of thioether (sulfide) groups is 2. The van der Waals surface area contributed by atoms with Crippen LogP contribution in [0.15, 0.2) is 30.3 Å². The standard InChI is InChI=1S/C35H58N6O5S2/c1-24(2)20-37-32(43)23-48-22-31(42)28(18-25-10-6-4-7-11-25)38-34(45)30(21-47-3)39-33(44)29(19-26-12-8-5-9-13-26)40-35(46)41-16-14-27(36)15-17-41/h5,8-9,12-13,24-25,27-31,42H,4,6-7,10-11,14-23,36H2,1-3H3,(H,37,43)(H,38,45)(H,39,44)(H,40,46)/t28-,29-,30-,31+/m0/s1. The van der Waals surface area contributed by atoms with Gasteiger partial charge in [-0.2, -0.15) is 11.8 Å². The Kier molecular flexibility index (Phi) is 18.0. The summed E-state index contributed by atoms with van der Waals surface area (Å²) < 4.78 is 0. The molecule has 0 aromatic heterocycles. The third-order valence-electron chi connectivity index (χ3n) is 9.02. The Bertz CT molecular complexity index is 1130. The molecule has 0 unspecified atom stereocenters. The van der Waals surface area contributed by atoms with Gasteiger partial charge < -0.3 is 37.0 Å². The minimum absolute atomic E-state index is 0.0662. The molecular formula is C35H58N6O5S2. The van der Waals surface area contributed by atoms with Gasteiger partial charge in [0.05, 0.1) is 17.9 Å². The van der Waals surface area contributed by atoms with Gasteiger partial charge in [-0.15, -0.1) is 11.8 Å². The molecule has 0 radical (unpaired) electrons. The molecule has 1 aliphatic carbocycles. The van der Waals surface area contributed by atoms with Crippen molar-refractivity contribution in [2.75, 3.05) is 43.1 Å². The number of hydrogen-bond acceptors (Lipinski definition) is 8. The summed E-state index contributed by atoms with van der Waals surface area (Å²) in [6, 6.07) is 6.94. The molecule has 1 saturated carbocycles. The third kappa shape index (κ3) is 14.6. The highest BCUT2D eigenvalue weighted by molar-refractivity contribution is 8.00. The zero-order chi connectivity index (χ0) is 34.9. The van der Waals surface area contributed by atoms with Crippen molar-refractivity contribution in [1.82, 2.24) is 26.2 Å². The molecule has 48 heavy (non-hydrogen) atoms. The van der Waals surface area contributed by atoms with Gasteiger partial charge in [0.1, 0.15) is 12.1 Å². The number of nitrogens with two attached hydrogens (primary N) is 1. The van der Waals surface area contributed by atoms with Gasteiger partial charge >= 0.3 is 6.03 Å². The van der Waals surface area contributed by atoms with Crippen LogP contribution >= 0.6 is 23.5 Å². The Morgan fingerprint density at radius 1 is 0.917 bits per heavy atom. The van der Waals surface area contributed by atoms with E-state index in [1.165, 1.54) is 29.9 Å². The Morgan fingerprint density at radius 3 is 2.23 bits per heavy atom. The molecular weight excluding hydrogens is 649 g/mol. The van der Waals surface area contributed by atoms with Crippen molar-refractivity contribution >= 4 is 47.3 Å². The van der Waals surface area contributed by atoms with Gasteiger partial charge in [0.25, 0.3) is 0 Å². The quantitative estimate of drug-likeness (QED) is 0.136. The number of piperidine rings is 1. The molecule has 0 bridgehead atoms. The minimum Gasteiger partial charge on any atom is -0.390 e. The molecule has 2 aliphatic rings. The predicted octanol–water partition coefficient (Wildman–Crippen LogP) is 2.90. The van der Waals surface area contributed by atoms with Gasteiger partial charge in [-0.1, -0.05) is 76.3 Å². The molecule has 4 atom stereocenters. The number of rotatable bonds is 18. The van der Waals surface area contributed by atoms with Crippen molar-refractivity contribution in [1.29, 1.82) is 0 Å². The number of likely N-dealkylation sites (tertiary alicyclic amines) is 1. The predicted molar refractivity (Wildman–Crippen MR) is 196 cm³/mol. The number of aliphatic hydroxyl groups is 1. The number of carbonyl (C=O) groups excluding carboxylic acids is 4. The van der Waals surface area contributed by atoms with E-state index in [-0.39, 0.29) is 36.1 Å². The lowest BCUT2D eigenvalue weighted by atomic mass is 9.84. The van der Waals surface area contributed by atoms with E-state index >= 15 is 0 Å². The fourth-order valence-electron chi connectivity index (χ4n) is 6.16. The van der Waals surface area contributed by atoms with Crippen molar-refractivity contribution in [3.05, 3.63) is 35.9 Å². The summed E-state index contributed by atoms with van der Waals surface area (Å²) in [7, 11) is 0. The summed E-state index contributed by atoms with van der Waals surface area (Å²) in [5.41, 5.74) is 6.91. The second-order valence-corrected chi connectivity index (χ2v) is 15.6. The molecule has 11 nitrogen and oxygen atoms in total. The Morgan fingerprint density at radius 2 is 1.58 bits per heavy atom. The maximum atomic E-state index is 13.8. The number of nitrogens with zero attached hydrogens (tertiary/aromatic N) is 1. The van der Waals surface area contributed by atoms with E-state index in [9.17, 15) is 24.3 Å². The van der Waals surface area contributed by atoms with Crippen LogP contribution in [-0.4, -0.2) is 107 Å². The molecule has 13 heteroatoms. The largest absolute Gasteiger partial charge is 0.390 e. The van der Waals surface area contributed by atoms with Gasteiger partial charge in [-0.25, -0.2) is 4.79 Å². The first kappa shape index (κ1) is 40.0. The Hall–Kier alpha value is -2.48. The number of urea groups is 1. The number of carbonyl (C=O) groups is 4. The zero-order valence-corrected chi connectivity index (χ0v) is 30.6. The van der Waals surface area contributed by atoms with Crippen LogP contribution in [0.2, 0.25) is 0 Å². The van der Waals surface area contributed by atoms with E-state index < -0.39 is 30.1 Å². The summed E-state index contributed by atoms with van der Waals surface area (Å²) in [6.45, 7) is 5.72. The van der Waals surface area contributed by atoms with Gasteiger partial charge in [-0.3, -0.25) is 14.4 Å². The van der Waals surface area contributed by atoms with E-state index in [1.54, 1.807) is 4.90 Å². The summed E-state index contributed by atoms with van der Waals surface area (Å²) in [4.78, 5) is 54.7. The van der Waals surface area contributed by atoms with Crippen LogP contribution in [0.25, 0.3) is 0 Å². The number of amides is 5. The summed E-state index contributed by atoms with van der Waals surface area (Å²) in [6.07, 6.45) is 8.91. The fourth-order valence-corrected chi connectivity index (χ4v) is 7.61. The van der Waals surface area contributed by atoms with Crippen molar-refractivity contribution in [3.8, 4) is 0 Å². The highest BCUT2D eigenvalue weighted by atomic mass is 32.2. The maximum Gasteiger partial charge on any atom is 0.318 e. The van der Waals surface area contributed by atoms with Crippen LogP contribution in [0.1, 0.15) is 70.8 Å². The zero-order valence-electron chi connectivity index (χ0n) is 29.0. The van der Waals surface area contributed by atoms with E-state index in [0.29, 0.717) is 62.2 Å². The molecule has 7 N–H and O–H groups in total. The lowest BCUT2D eigenvalue weighted by molar-refractivity contribution is -0.130. The van der Waals surface area contributed by atoms with Crippen molar-refractivity contribution < 1.29 is 24.3 Å². The van der Waals surface area contributed by atoms with Gasteiger partial charge in [0.2, 0.25) is 17.7 Å². The number of hydrogen-bond donors (Lipinski definition) is 6. The van der Waals surface area contributed by atoms with Crippen LogP contribution in [-0.2, 0) is 20.8 Å². The number of benzene rings is 1. The average Bonchev–Trinajstić information content (AvgIpc) is 3.07. The second kappa shape index (κ2) is 21.6. The molecule has 1 heterocycles. The number of nitrogens with one attached hydrogen (secondary N) is 4. The normalized spacial score (nSPS) is 18.4. The first-order valence-electron chi connectivity index (χ1n) is 17.5. The lowest BCUT2D eigenvalue weighted by Crippen LogP contribution is -2.59. The third-order valence-corrected chi connectivity index (χ3v) is 10.7. The highest BCUT2D eigenvalue weighted by Crippen LogP contribution is 2.28. The van der Waals surface area contributed by atoms with Gasteiger partial charge in [0.15, 0.2) is 0 Å². The monoisotopic (exact) mass is 706 g/mol. The number of aliphatic hydroxyl groups excluding tert-OH is 1. The van der Waals surface area contributed by atoms with Gasteiger partial charge in [-0.05, 0) is 42.9 Å². The average molecular weight is 707 g/mol. The van der Waals surface area contributed by atoms with Crippen molar-refractivity contribution in [2.45, 2.75) is 102 Å². The van der Waals surface area contributed by atoms with Crippen molar-refractivity contribution in [3.63, 3.8) is 0 Å². The van der Waals surface area contributed by atoms with Crippen LogP contribution in [0.5, 0.6) is 0 Å². The van der Waals surface area contributed by atoms with Crippen LogP contribution in [0.4, 0.5) is 4.79 Å². The summed E-state index contributed by atoms with van der Waals surface area (Å²) in [5.74, 6) is 0.725. The van der Waals surface area contributed by atoms with Crippen LogP contribution in [0, 0.1) is 11.8 Å². The molecule has 1 aromatic carbocycles. The molecule has 5 amide bonds.